The highest BCUT2D eigenvalue weighted by molar-refractivity contribution is 5.93. The fraction of sp³-hybridized carbons (Fsp3) is 0.500. The quantitative estimate of drug-likeness (QED) is 0.593. The molecule has 2 atom stereocenters. The maximum atomic E-state index is 13.0. The Hall–Kier alpha value is -3.26. The van der Waals surface area contributed by atoms with Crippen molar-refractivity contribution >= 4 is 29.3 Å². The molecule has 15 heteroatoms. The van der Waals surface area contributed by atoms with E-state index in [9.17, 15) is 35.9 Å². The van der Waals surface area contributed by atoms with Crippen LogP contribution in [0.5, 0.6) is 0 Å². The number of anilines is 2. The Morgan fingerprint density at radius 3 is 2.06 bits per heavy atom. The number of aliphatic carboxylic acids is 2. The number of halogens is 6. The van der Waals surface area contributed by atoms with Crippen molar-refractivity contribution in [1.29, 1.82) is 0 Å². The summed E-state index contributed by atoms with van der Waals surface area (Å²) in [5, 5.41) is 18.6. The molecule has 174 valence electrons. The Morgan fingerprint density at radius 1 is 1.13 bits per heavy atom. The minimum atomic E-state index is -5.08. The summed E-state index contributed by atoms with van der Waals surface area (Å²) < 4.78 is 70.6. The normalized spacial score (nSPS) is 18.6. The molecule has 31 heavy (non-hydrogen) atoms. The zero-order valence-electron chi connectivity index (χ0n) is 16.0. The largest absolute Gasteiger partial charge is 0.490 e. The van der Waals surface area contributed by atoms with Gasteiger partial charge in [0.25, 0.3) is 0 Å². The summed E-state index contributed by atoms with van der Waals surface area (Å²) in [4.78, 5) is 38.7. The highest BCUT2D eigenvalue weighted by Crippen LogP contribution is 2.38. The molecule has 1 aromatic rings. The van der Waals surface area contributed by atoms with Gasteiger partial charge >= 0.3 is 30.3 Å². The highest BCUT2D eigenvalue weighted by Gasteiger charge is 2.53. The van der Waals surface area contributed by atoms with Gasteiger partial charge < -0.3 is 25.3 Å². The van der Waals surface area contributed by atoms with Gasteiger partial charge in [0.15, 0.2) is 0 Å². The van der Waals surface area contributed by atoms with Gasteiger partial charge in [-0.25, -0.2) is 9.59 Å². The summed E-state index contributed by atoms with van der Waals surface area (Å²) in [5.74, 6) is -8.06. The highest BCUT2D eigenvalue weighted by atomic mass is 19.4. The van der Waals surface area contributed by atoms with E-state index in [2.05, 4.69) is 10.3 Å². The first-order valence-electron chi connectivity index (χ1n) is 8.32. The molecule has 2 amide bonds. The number of hydrogen-bond acceptors (Lipinski definition) is 5. The van der Waals surface area contributed by atoms with Gasteiger partial charge in [-0.05, 0) is 6.07 Å². The smallest absolute Gasteiger partial charge is 0.481 e. The zero-order valence-corrected chi connectivity index (χ0v) is 16.0. The van der Waals surface area contributed by atoms with Gasteiger partial charge in [0.1, 0.15) is 0 Å². The van der Waals surface area contributed by atoms with Gasteiger partial charge in [-0.2, -0.15) is 26.3 Å². The first-order valence-corrected chi connectivity index (χ1v) is 8.32. The molecule has 1 aliphatic rings. The minimum Gasteiger partial charge on any atom is -0.481 e. The second kappa shape index (κ2) is 9.70. The number of alkyl halides is 6. The number of carboxylic acids is 2. The first-order chi connectivity index (χ1) is 14.1. The van der Waals surface area contributed by atoms with Gasteiger partial charge in [-0.3, -0.25) is 9.78 Å². The summed E-state index contributed by atoms with van der Waals surface area (Å²) in [6, 6.07) is 0.737. The Balaban J connectivity index is 0.000000592. The van der Waals surface area contributed by atoms with E-state index < -0.39 is 55.2 Å². The van der Waals surface area contributed by atoms with Gasteiger partial charge in [0, 0.05) is 33.4 Å². The molecule has 1 saturated heterocycles. The number of amides is 2. The number of carboxylic acid groups (broad SMARTS) is 2. The second-order valence-corrected chi connectivity index (χ2v) is 6.52. The zero-order chi connectivity index (χ0) is 24.1. The third kappa shape index (κ3) is 7.18. The summed E-state index contributed by atoms with van der Waals surface area (Å²) in [7, 11) is 3.45. The number of rotatable bonds is 3. The molecule has 2 heterocycles. The molecule has 0 spiro atoms. The topological polar surface area (TPSA) is 123 Å². The van der Waals surface area contributed by atoms with Crippen LogP contribution >= 0.6 is 0 Å². The maximum Gasteiger partial charge on any atom is 0.490 e. The number of pyridine rings is 1. The Morgan fingerprint density at radius 2 is 1.68 bits per heavy atom. The lowest BCUT2D eigenvalue weighted by Gasteiger charge is -2.21. The van der Waals surface area contributed by atoms with E-state index in [1.165, 1.54) is 18.5 Å². The number of likely N-dealkylation sites (tertiary alicyclic amines) is 1. The van der Waals surface area contributed by atoms with Crippen molar-refractivity contribution in [1.82, 2.24) is 9.88 Å². The maximum absolute atomic E-state index is 13.0. The molecule has 1 aliphatic heterocycles. The standard InChI is InChI=1S/C14H17F3N4O3.C2HF3O2/c1-20(2)11-5-18-4-3-10(11)19-13(24)21-6-8(12(22)23)9(7-21)14(15,16)17;3-2(4,5)1(6)7/h3-5,8-9H,6-7H2,1-2H3,(H,22,23)(H,18,19,24);(H,6,7)/t8-,9-;/m1./s1. The van der Waals surface area contributed by atoms with E-state index in [-0.39, 0.29) is 0 Å². The van der Waals surface area contributed by atoms with Gasteiger partial charge in [-0.15, -0.1) is 0 Å². The molecule has 0 radical (unpaired) electrons. The predicted octanol–water partition coefficient (Wildman–Crippen LogP) is 2.51. The summed E-state index contributed by atoms with van der Waals surface area (Å²) >= 11 is 0. The van der Waals surface area contributed by atoms with Crippen LogP contribution in [0.4, 0.5) is 42.5 Å². The average Bonchev–Trinajstić information content (AvgIpc) is 3.08. The number of nitrogens with zero attached hydrogens (tertiary/aromatic N) is 3. The second-order valence-electron chi connectivity index (χ2n) is 6.52. The molecule has 1 fully saturated rings. The van der Waals surface area contributed by atoms with Gasteiger partial charge in [-0.1, -0.05) is 0 Å². The van der Waals surface area contributed by atoms with Crippen LogP contribution in [0.1, 0.15) is 0 Å². The molecule has 2 rings (SSSR count). The Kier molecular flexibility index (Phi) is 8.06. The molecule has 0 aromatic carbocycles. The van der Waals surface area contributed by atoms with Crippen LogP contribution in [0.2, 0.25) is 0 Å². The fourth-order valence-corrected chi connectivity index (χ4v) is 2.59. The predicted molar refractivity (Wildman–Crippen MR) is 93.5 cm³/mol. The van der Waals surface area contributed by atoms with Crippen LogP contribution in [0, 0.1) is 11.8 Å². The monoisotopic (exact) mass is 460 g/mol. The molecule has 3 N–H and O–H groups in total. The number of carbonyl (C=O) groups excluding carboxylic acids is 1. The Bertz CT molecular complexity index is 814. The number of hydrogen-bond donors (Lipinski definition) is 3. The van der Waals surface area contributed by atoms with Crippen molar-refractivity contribution in [3.8, 4) is 0 Å². The number of aromatic nitrogens is 1. The van der Waals surface area contributed by atoms with Crippen LogP contribution in [-0.2, 0) is 9.59 Å². The van der Waals surface area contributed by atoms with Crippen molar-refractivity contribution in [3.63, 3.8) is 0 Å². The summed E-state index contributed by atoms with van der Waals surface area (Å²) in [5.41, 5.74) is 0.953. The van der Waals surface area contributed by atoms with E-state index in [1.807, 2.05) is 0 Å². The van der Waals surface area contributed by atoms with E-state index >= 15 is 0 Å². The van der Waals surface area contributed by atoms with Crippen molar-refractivity contribution in [2.75, 3.05) is 37.4 Å². The van der Waals surface area contributed by atoms with Crippen molar-refractivity contribution in [2.24, 2.45) is 11.8 Å². The van der Waals surface area contributed by atoms with E-state index in [1.54, 1.807) is 19.0 Å². The molecular formula is C16H18F6N4O5. The SMILES string of the molecule is CN(C)c1cnccc1NC(=O)N1C[C@@H](C(F)(F)F)[C@H](C(=O)O)C1.O=C(O)C(F)(F)F. The third-order valence-corrected chi connectivity index (χ3v) is 4.11. The van der Waals surface area contributed by atoms with Gasteiger partial charge in [0.05, 0.1) is 29.4 Å². The number of urea groups is 1. The van der Waals surface area contributed by atoms with Crippen molar-refractivity contribution in [2.45, 2.75) is 12.4 Å². The molecule has 0 aliphatic carbocycles. The van der Waals surface area contributed by atoms with Crippen LogP contribution in [0.25, 0.3) is 0 Å². The molecule has 9 nitrogen and oxygen atoms in total. The lowest BCUT2D eigenvalue weighted by molar-refractivity contribution is -0.192. The lowest BCUT2D eigenvalue weighted by atomic mass is 9.96. The average molecular weight is 460 g/mol. The molecule has 0 unspecified atom stereocenters. The number of carbonyl (C=O) groups is 3. The fourth-order valence-electron chi connectivity index (χ4n) is 2.59. The van der Waals surface area contributed by atoms with Crippen LogP contribution in [-0.4, -0.2) is 77.6 Å². The van der Waals surface area contributed by atoms with E-state index in [4.69, 9.17) is 15.0 Å². The van der Waals surface area contributed by atoms with Gasteiger partial charge in [0.2, 0.25) is 0 Å². The summed E-state index contributed by atoms with van der Waals surface area (Å²) in [6.45, 7) is -1.18. The van der Waals surface area contributed by atoms with Crippen molar-refractivity contribution in [3.05, 3.63) is 18.5 Å². The lowest BCUT2D eigenvalue weighted by Crippen LogP contribution is -2.35. The van der Waals surface area contributed by atoms with Crippen LogP contribution in [0.3, 0.4) is 0 Å². The van der Waals surface area contributed by atoms with Crippen LogP contribution < -0.4 is 10.2 Å². The summed E-state index contributed by atoms with van der Waals surface area (Å²) in [6.07, 6.45) is -6.83. The minimum absolute atomic E-state index is 0.377. The molecule has 1 aromatic heterocycles. The van der Waals surface area contributed by atoms with E-state index in [0.29, 0.717) is 11.4 Å². The molecule has 0 bridgehead atoms. The number of nitrogens with one attached hydrogen (secondary N) is 1. The van der Waals surface area contributed by atoms with E-state index in [0.717, 1.165) is 4.90 Å². The van der Waals surface area contributed by atoms with Crippen molar-refractivity contribution < 1.29 is 50.9 Å². The molecule has 0 saturated carbocycles. The Labute approximate surface area is 171 Å². The third-order valence-electron chi connectivity index (χ3n) is 4.11. The van der Waals surface area contributed by atoms with Crippen LogP contribution in [0.15, 0.2) is 18.5 Å². The first kappa shape index (κ1) is 25.8. The molecular weight excluding hydrogens is 442 g/mol.